The molecule has 1 heterocycles. The summed E-state index contributed by atoms with van der Waals surface area (Å²) in [5, 5.41) is 8.60. The highest BCUT2D eigenvalue weighted by Crippen LogP contribution is 2.19. The third kappa shape index (κ3) is 2.35. The molecule has 0 saturated heterocycles. The Morgan fingerprint density at radius 2 is 2.14 bits per heavy atom. The first-order valence-corrected chi connectivity index (χ1v) is 3.97. The van der Waals surface area contributed by atoms with Gasteiger partial charge in [-0.25, -0.2) is 0 Å². The fourth-order valence-corrected chi connectivity index (χ4v) is 1.04. The first-order chi connectivity index (χ1) is 6.67. The molecule has 1 rings (SSSR count). The van der Waals surface area contributed by atoms with Crippen LogP contribution in [0.5, 0.6) is 11.8 Å². The van der Waals surface area contributed by atoms with Crippen LogP contribution in [0.3, 0.4) is 0 Å². The number of aromatic nitrogens is 1. The van der Waals surface area contributed by atoms with Gasteiger partial charge >= 0.3 is 5.97 Å². The molecule has 0 aliphatic rings. The zero-order valence-electron chi connectivity index (χ0n) is 7.98. The molecular weight excluding hydrogens is 186 g/mol. The van der Waals surface area contributed by atoms with Crippen molar-refractivity contribution in [1.82, 2.24) is 4.98 Å². The molecule has 1 N–H and O–H groups in total. The molecule has 0 atom stereocenters. The van der Waals surface area contributed by atoms with E-state index in [0.29, 0.717) is 11.4 Å². The average Bonchev–Trinajstić information content (AvgIpc) is 2.17. The summed E-state index contributed by atoms with van der Waals surface area (Å²) in [6.45, 7) is 0. The van der Waals surface area contributed by atoms with E-state index in [9.17, 15) is 4.79 Å². The molecule has 0 aliphatic heterocycles. The highest BCUT2D eigenvalue weighted by molar-refractivity contribution is 5.71. The number of rotatable bonds is 4. The van der Waals surface area contributed by atoms with Crippen LogP contribution in [0.1, 0.15) is 5.56 Å². The van der Waals surface area contributed by atoms with Crippen LogP contribution in [0.25, 0.3) is 0 Å². The SMILES string of the molecule is COc1ccc(CC(=O)O)c(OC)n1. The summed E-state index contributed by atoms with van der Waals surface area (Å²) < 4.78 is 9.81. The Balaban J connectivity index is 2.98. The highest BCUT2D eigenvalue weighted by Gasteiger charge is 2.09. The number of nitrogens with zero attached hydrogens (tertiary/aromatic N) is 1. The average molecular weight is 197 g/mol. The van der Waals surface area contributed by atoms with Crippen LogP contribution in [-0.2, 0) is 11.2 Å². The van der Waals surface area contributed by atoms with E-state index >= 15 is 0 Å². The Bertz CT molecular complexity index is 338. The maximum atomic E-state index is 10.5. The van der Waals surface area contributed by atoms with Crippen molar-refractivity contribution in [1.29, 1.82) is 0 Å². The molecule has 0 radical (unpaired) electrons. The van der Waals surface area contributed by atoms with Gasteiger partial charge in [-0.2, -0.15) is 4.98 Å². The first-order valence-electron chi connectivity index (χ1n) is 3.97. The van der Waals surface area contributed by atoms with Gasteiger partial charge in [0.25, 0.3) is 0 Å². The van der Waals surface area contributed by atoms with Crippen molar-refractivity contribution in [3.63, 3.8) is 0 Å². The summed E-state index contributed by atoms with van der Waals surface area (Å²) in [5.41, 5.74) is 0.529. The molecular formula is C9H11NO4. The summed E-state index contributed by atoms with van der Waals surface area (Å²) in [4.78, 5) is 14.4. The fourth-order valence-electron chi connectivity index (χ4n) is 1.04. The van der Waals surface area contributed by atoms with Gasteiger partial charge in [-0.15, -0.1) is 0 Å². The number of pyridine rings is 1. The molecule has 14 heavy (non-hydrogen) atoms. The zero-order chi connectivity index (χ0) is 10.6. The Kier molecular flexibility index (Phi) is 3.28. The lowest BCUT2D eigenvalue weighted by atomic mass is 10.2. The van der Waals surface area contributed by atoms with E-state index in [-0.39, 0.29) is 12.3 Å². The highest BCUT2D eigenvalue weighted by atomic mass is 16.5. The van der Waals surface area contributed by atoms with Crippen molar-refractivity contribution in [2.45, 2.75) is 6.42 Å². The lowest BCUT2D eigenvalue weighted by molar-refractivity contribution is -0.136. The predicted molar refractivity (Wildman–Crippen MR) is 48.7 cm³/mol. The van der Waals surface area contributed by atoms with E-state index < -0.39 is 5.97 Å². The van der Waals surface area contributed by atoms with Crippen molar-refractivity contribution in [2.75, 3.05) is 14.2 Å². The third-order valence-corrected chi connectivity index (χ3v) is 1.66. The molecule has 5 nitrogen and oxygen atoms in total. The van der Waals surface area contributed by atoms with E-state index in [1.807, 2.05) is 0 Å². The summed E-state index contributed by atoms with van der Waals surface area (Å²) in [6, 6.07) is 3.22. The van der Waals surface area contributed by atoms with Crippen molar-refractivity contribution in [3.8, 4) is 11.8 Å². The fraction of sp³-hybridized carbons (Fsp3) is 0.333. The van der Waals surface area contributed by atoms with E-state index in [2.05, 4.69) is 4.98 Å². The second-order valence-corrected chi connectivity index (χ2v) is 2.59. The molecule has 0 fully saturated rings. The van der Waals surface area contributed by atoms with Crippen molar-refractivity contribution < 1.29 is 19.4 Å². The van der Waals surface area contributed by atoms with Gasteiger partial charge in [0.1, 0.15) is 0 Å². The Hall–Kier alpha value is -1.78. The van der Waals surface area contributed by atoms with Gasteiger partial charge in [-0.3, -0.25) is 4.79 Å². The molecule has 0 amide bonds. The van der Waals surface area contributed by atoms with Crippen molar-refractivity contribution >= 4 is 5.97 Å². The number of ether oxygens (including phenoxy) is 2. The van der Waals surface area contributed by atoms with Gasteiger partial charge in [-0.05, 0) is 6.07 Å². The van der Waals surface area contributed by atoms with Gasteiger partial charge in [0.15, 0.2) is 0 Å². The molecule has 1 aromatic heterocycles. The molecule has 0 unspecified atom stereocenters. The summed E-state index contributed by atoms with van der Waals surface area (Å²) in [5.74, 6) is -0.238. The van der Waals surface area contributed by atoms with Crippen LogP contribution in [0.15, 0.2) is 12.1 Å². The lowest BCUT2D eigenvalue weighted by Gasteiger charge is -2.06. The van der Waals surface area contributed by atoms with Gasteiger partial charge in [0.2, 0.25) is 11.8 Å². The number of methoxy groups -OCH3 is 2. The van der Waals surface area contributed by atoms with Gasteiger partial charge in [0.05, 0.1) is 20.6 Å². The quantitative estimate of drug-likeness (QED) is 0.770. The van der Waals surface area contributed by atoms with Gasteiger partial charge in [0, 0.05) is 11.6 Å². The minimum absolute atomic E-state index is 0.111. The molecule has 0 bridgehead atoms. The smallest absolute Gasteiger partial charge is 0.308 e. The Labute approximate surface area is 81.3 Å². The number of carbonyl (C=O) groups is 1. The van der Waals surface area contributed by atoms with Crippen LogP contribution in [0.4, 0.5) is 0 Å². The lowest BCUT2D eigenvalue weighted by Crippen LogP contribution is -2.04. The Morgan fingerprint density at radius 3 is 2.64 bits per heavy atom. The summed E-state index contributed by atoms with van der Waals surface area (Å²) in [7, 11) is 2.92. The second kappa shape index (κ2) is 4.45. The maximum absolute atomic E-state index is 10.5. The largest absolute Gasteiger partial charge is 0.481 e. The maximum Gasteiger partial charge on any atom is 0.308 e. The molecule has 0 aromatic carbocycles. The first kappa shape index (κ1) is 10.3. The van der Waals surface area contributed by atoms with E-state index in [4.69, 9.17) is 14.6 Å². The van der Waals surface area contributed by atoms with Crippen LogP contribution in [-0.4, -0.2) is 30.3 Å². The summed E-state index contributed by atoms with van der Waals surface area (Å²) >= 11 is 0. The van der Waals surface area contributed by atoms with E-state index in [0.717, 1.165) is 0 Å². The number of hydrogen-bond acceptors (Lipinski definition) is 4. The normalized spacial score (nSPS) is 9.57. The number of carboxylic acid groups (broad SMARTS) is 1. The van der Waals surface area contributed by atoms with Gasteiger partial charge < -0.3 is 14.6 Å². The minimum atomic E-state index is -0.921. The minimum Gasteiger partial charge on any atom is -0.481 e. The molecule has 76 valence electrons. The topological polar surface area (TPSA) is 68.7 Å². The monoisotopic (exact) mass is 197 g/mol. The molecule has 1 aromatic rings. The molecule has 0 aliphatic carbocycles. The number of carboxylic acids is 1. The number of hydrogen-bond donors (Lipinski definition) is 1. The zero-order valence-corrected chi connectivity index (χ0v) is 7.98. The van der Waals surface area contributed by atoms with Gasteiger partial charge in [-0.1, -0.05) is 0 Å². The van der Waals surface area contributed by atoms with E-state index in [1.165, 1.54) is 14.2 Å². The molecule has 0 spiro atoms. The standard InChI is InChI=1S/C9H11NO4/c1-13-7-4-3-6(5-8(11)12)9(10-7)14-2/h3-4H,5H2,1-2H3,(H,11,12). The summed E-state index contributed by atoms with van der Waals surface area (Å²) in [6.07, 6.45) is -0.111. The Morgan fingerprint density at radius 1 is 1.43 bits per heavy atom. The number of aliphatic carboxylic acids is 1. The van der Waals surface area contributed by atoms with Crippen LogP contribution in [0.2, 0.25) is 0 Å². The van der Waals surface area contributed by atoms with Crippen molar-refractivity contribution in [2.24, 2.45) is 0 Å². The third-order valence-electron chi connectivity index (χ3n) is 1.66. The molecule has 0 saturated carbocycles. The van der Waals surface area contributed by atoms with Crippen LogP contribution in [0, 0.1) is 0 Å². The van der Waals surface area contributed by atoms with E-state index in [1.54, 1.807) is 12.1 Å². The van der Waals surface area contributed by atoms with Crippen molar-refractivity contribution in [3.05, 3.63) is 17.7 Å². The second-order valence-electron chi connectivity index (χ2n) is 2.59. The van der Waals surface area contributed by atoms with Crippen LogP contribution < -0.4 is 9.47 Å². The van der Waals surface area contributed by atoms with Crippen LogP contribution >= 0.6 is 0 Å². The molecule has 5 heteroatoms. The predicted octanol–water partition coefficient (Wildman–Crippen LogP) is 0.726.